The van der Waals surface area contributed by atoms with Crippen LogP contribution in [0, 0.1) is 10.1 Å². The van der Waals surface area contributed by atoms with Gasteiger partial charge in [0.2, 0.25) is 0 Å². The number of aliphatic hydroxyl groups is 2. The van der Waals surface area contributed by atoms with E-state index in [9.17, 15) is 10.1 Å². The summed E-state index contributed by atoms with van der Waals surface area (Å²) in [6.07, 6.45) is 0. The van der Waals surface area contributed by atoms with Crippen LogP contribution in [0.15, 0.2) is 24.3 Å². The molecule has 5 nitrogen and oxygen atoms in total. The Morgan fingerprint density at radius 1 is 1.38 bits per heavy atom. The Balaban J connectivity index is 3.28. The highest BCUT2D eigenvalue weighted by molar-refractivity contribution is 5.42. The molecule has 2 N–H and O–H groups in total. The summed E-state index contributed by atoms with van der Waals surface area (Å²) >= 11 is 0. The Kier molecular flexibility index (Phi) is 2.31. The van der Waals surface area contributed by atoms with Crippen molar-refractivity contribution < 1.29 is 15.1 Å². The van der Waals surface area contributed by atoms with Crippen molar-refractivity contribution >= 4 is 5.69 Å². The lowest BCUT2D eigenvalue weighted by Gasteiger charge is -2.15. The predicted molar refractivity (Wildman–Crippen MR) is 44.9 cm³/mol. The molecule has 0 aliphatic heterocycles. The van der Waals surface area contributed by atoms with Crippen molar-refractivity contribution in [2.24, 2.45) is 0 Å². The number of nitro benzene ring substituents is 1. The molecule has 5 heteroatoms. The Morgan fingerprint density at radius 2 is 1.92 bits per heavy atom. The van der Waals surface area contributed by atoms with Gasteiger partial charge < -0.3 is 10.2 Å². The zero-order valence-corrected chi connectivity index (χ0v) is 6.97. The normalized spacial score (nSPS) is 11.3. The van der Waals surface area contributed by atoms with E-state index in [0.717, 1.165) is 6.92 Å². The van der Waals surface area contributed by atoms with Gasteiger partial charge in [0, 0.05) is 6.07 Å². The van der Waals surface area contributed by atoms with Crippen LogP contribution in [0.3, 0.4) is 0 Å². The first-order valence-corrected chi connectivity index (χ1v) is 3.61. The third-order valence-corrected chi connectivity index (χ3v) is 1.61. The van der Waals surface area contributed by atoms with Crippen LogP contribution in [0.25, 0.3) is 0 Å². The van der Waals surface area contributed by atoms with Gasteiger partial charge in [0.05, 0.1) is 10.5 Å². The Hall–Kier alpha value is -1.46. The van der Waals surface area contributed by atoms with Crippen molar-refractivity contribution in [1.29, 1.82) is 0 Å². The summed E-state index contributed by atoms with van der Waals surface area (Å²) in [4.78, 5) is 9.80. The lowest BCUT2D eigenvalue weighted by atomic mass is 10.1. The van der Waals surface area contributed by atoms with E-state index in [1.807, 2.05) is 0 Å². The molecule has 13 heavy (non-hydrogen) atoms. The van der Waals surface area contributed by atoms with E-state index in [4.69, 9.17) is 10.2 Å². The second-order valence-corrected chi connectivity index (χ2v) is 2.80. The molecule has 0 saturated heterocycles. The molecule has 0 saturated carbocycles. The van der Waals surface area contributed by atoms with Crippen LogP contribution in [0.4, 0.5) is 5.69 Å². The first kappa shape index (κ1) is 9.63. The van der Waals surface area contributed by atoms with Crippen LogP contribution < -0.4 is 0 Å². The van der Waals surface area contributed by atoms with Crippen molar-refractivity contribution in [3.05, 3.63) is 39.9 Å². The number of hydrogen-bond acceptors (Lipinski definition) is 4. The minimum absolute atomic E-state index is 0.111. The maximum Gasteiger partial charge on any atom is 0.277 e. The maximum atomic E-state index is 10.5. The third kappa shape index (κ3) is 2.01. The van der Waals surface area contributed by atoms with Gasteiger partial charge >= 0.3 is 0 Å². The van der Waals surface area contributed by atoms with E-state index in [0.29, 0.717) is 0 Å². The van der Waals surface area contributed by atoms with E-state index < -0.39 is 10.7 Å². The molecule has 0 atom stereocenters. The number of nitro groups is 1. The lowest BCUT2D eigenvalue weighted by molar-refractivity contribution is -0.388. The smallest absolute Gasteiger partial charge is 0.277 e. The number of nitrogens with zero attached hydrogens (tertiary/aromatic N) is 1. The highest BCUT2D eigenvalue weighted by atomic mass is 16.6. The fraction of sp³-hybridized carbons (Fsp3) is 0.250. The highest BCUT2D eigenvalue weighted by Crippen LogP contribution is 2.26. The molecule has 70 valence electrons. The zero-order valence-electron chi connectivity index (χ0n) is 6.97. The van der Waals surface area contributed by atoms with Crippen molar-refractivity contribution in [2.45, 2.75) is 12.7 Å². The fourth-order valence-corrected chi connectivity index (χ4v) is 1.03. The molecule has 0 unspecified atom stereocenters. The van der Waals surface area contributed by atoms with Gasteiger partial charge in [0.25, 0.3) is 5.69 Å². The van der Waals surface area contributed by atoms with Crippen LogP contribution in [-0.2, 0) is 5.79 Å². The van der Waals surface area contributed by atoms with Crippen LogP contribution in [0.2, 0.25) is 0 Å². The minimum atomic E-state index is -2.18. The van der Waals surface area contributed by atoms with Crippen LogP contribution in [0.1, 0.15) is 12.5 Å². The summed E-state index contributed by atoms with van der Waals surface area (Å²) < 4.78 is 0. The van der Waals surface area contributed by atoms with Crippen LogP contribution >= 0.6 is 0 Å². The number of benzene rings is 1. The van der Waals surface area contributed by atoms with Crippen molar-refractivity contribution in [3.8, 4) is 0 Å². The van der Waals surface area contributed by atoms with Crippen LogP contribution in [-0.4, -0.2) is 15.1 Å². The van der Waals surface area contributed by atoms with E-state index in [2.05, 4.69) is 0 Å². The maximum absolute atomic E-state index is 10.5. The molecule has 0 heterocycles. The monoisotopic (exact) mass is 183 g/mol. The van der Waals surface area contributed by atoms with Gasteiger partial charge in [0.15, 0.2) is 5.79 Å². The van der Waals surface area contributed by atoms with Gasteiger partial charge in [-0.05, 0) is 13.0 Å². The van der Waals surface area contributed by atoms with Gasteiger partial charge in [0.1, 0.15) is 0 Å². The number of rotatable bonds is 2. The Labute approximate surface area is 74.4 Å². The average Bonchev–Trinajstić information content (AvgIpc) is 2.03. The van der Waals surface area contributed by atoms with Gasteiger partial charge in [-0.15, -0.1) is 0 Å². The second-order valence-electron chi connectivity index (χ2n) is 2.80. The molecular weight excluding hydrogens is 174 g/mol. The molecule has 1 aromatic rings. The van der Waals surface area contributed by atoms with E-state index in [1.54, 1.807) is 0 Å². The van der Waals surface area contributed by atoms with Gasteiger partial charge in [-0.25, -0.2) is 0 Å². The summed E-state index contributed by atoms with van der Waals surface area (Å²) in [6.45, 7) is 1.08. The zero-order chi connectivity index (χ0) is 10.1. The van der Waals surface area contributed by atoms with Gasteiger partial charge in [-0.3, -0.25) is 10.1 Å². The minimum Gasteiger partial charge on any atom is -0.362 e. The van der Waals surface area contributed by atoms with Crippen LogP contribution in [0.5, 0.6) is 0 Å². The molecule has 1 rings (SSSR count). The molecule has 0 fully saturated rings. The largest absolute Gasteiger partial charge is 0.362 e. The Morgan fingerprint density at radius 3 is 2.31 bits per heavy atom. The summed E-state index contributed by atoms with van der Waals surface area (Å²) in [5.74, 6) is -2.18. The second kappa shape index (κ2) is 3.12. The number of hydrogen-bond donors (Lipinski definition) is 2. The first-order valence-electron chi connectivity index (χ1n) is 3.61. The Bertz CT molecular complexity index is 329. The molecule has 0 radical (unpaired) electrons. The lowest BCUT2D eigenvalue weighted by Crippen LogP contribution is -2.21. The number of para-hydroxylation sites is 1. The molecule has 0 bridgehead atoms. The summed E-state index contributed by atoms with van der Waals surface area (Å²) in [5, 5.41) is 28.8. The summed E-state index contributed by atoms with van der Waals surface area (Å²) in [6, 6.07) is 5.50. The van der Waals surface area contributed by atoms with Gasteiger partial charge in [-0.2, -0.15) is 0 Å². The third-order valence-electron chi connectivity index (χ3n) is 1.61. The van der Waals surface area contributed by atoms with Crippen molar-refractivity contribution in [3.63, 3.8) is 0 Å². The van der Waals surface area contributed by atoms with E-state index in [-0.39, 0.29) is 11.3 Å². The SMILES string of the molecule is CC(O)(O)c1ccccc1[N+](=O)[O-]. The molecule has 0 aliphatic rings. The summed E-state index contributed by atoms with van der Waals surface area (Å²) in [7, 11) is 0. The molecule has 0 aliphatic carbocycles. The van der Waals surface area contributed by atoms with Gasteiger partial charge in [-0.1, -0.05) is 12.1 Å². The highest BCUT2D eigenvalue weighted by Gasteiger charge is 2.27. The van der Waals surface area contributed by atoms with E-state index in [1.165, 1.54) is 24.3 Å². The topological polar surface area (TPSA) is 83.6 Å². The molecular formula is C8H9NO4. The predicted octanol–water partition coefficient (Wildman–Crippen LogP) is 0.752. The van der Waals surface area contributed by atoms with Crippen molar-refractivity contribution in [2.75, 3.05) is 0 Å². The molecule has 0 aromatic heterocycles. The molecule has 0 amide bonds. The molecule has 0 spiro atoms. The van der Waals surface area contributed by atoms with E-state index >= 15 is 0 Å². The van der Waals surface area contributed by atoms with Crippen molar-refractivity contribution in [1.82, 2.24) is 0 Å². The quantitative estimate of drug-likeness (QED) is 0.402. The first-order chi connectivity index (χ1) is 5.93. The fourth-order valence-electron chi connectivity index (χ4n) is 1.03. The molecule has 1 aromatic carbocycles. The standard InChI is InChI=1S/C8H9NO4/c1-8(10,11)6-4-2-3-5-7(6)9(12)13/h2-5,10-11H,1H3. The average molecular weight is 183 g/mol. The summed E-state index contributed by atoms with van der Waals surface area (Å²) in [5.41, 5.74) is -0.407.